The second kappa shape index (κ2) is 9.62. The molecule has 0 unspecified atom stereocenters. The second-order valence-corrected chi connectivity index (χ2v) is 10.6. The van der Waals surface area contributed by atoms with Crippen LogP contribution in [0.4, 0.5) is 0 Å². The van der Waals surface area contributed by atoms with Gasteiger partial charge in [-0.15, -0.1) is 0 Å². The van der Waals surface area contributed by atoms with E-state index in [1.165, 1.54) is 0 Å². The molecular formula is C28H27N7Pt. The number of fused-ring (bicyclic) bond motifs is 6. The average Bonchev–Trinajstić information content (AvgIpc) is 3.29. The number of hydrogen-bond acceptors (Lipinski definition) is 6. The van der Waals surface area contributed by atoms with Crippen molar-refractivity contribution in [2.24, 2.45) is 0 Å². The summed E-state index contributed by atoms with van der Waals surface area (Å²) < 4.78 is 0. The first-order valence-corrected chi connectivity index (χ1v) is 11.6. The molecular weight excluding hydrogens is 629 g/mol. The molecule has 7 nitrogen and oxygen atoms in total. The molecule has 184 valence electrons. The third-order valence-corrected chi connectivity index (χ3v) is 5.75. The Labute approximate surface area is 224 Å². The van der Waals surface area contributed by atoms with Gasteiger partial charge in [-0.05, 0) is 45.6 Å². The first-order chi connectivity index (χ1) is 16.6. The van der Waals surface area contributed by atoms with Crippen LogP contribution in [0.25, 0.3) is 43.7 Å². The molecule has 0 atom stereocenters. The Balaban J connectivity index is 0.000000165. The molecule has 0 aliphatic heterocycles. The standard InChI is InChI=1S/C15H14N3.C13H13N4.Pt/c1-15(2,3)14-17-9-11-12(18-14)7-6-10-5-4-8-16-13(10)11;1-13(2,3)12-8-4-5-9-11(10(8)16-17-12)15-7-6-14-9;/h4-8H,1-3H3;4-7H,1-3H3;/q2*-1;+2. The van der Waals surface area contributed by atoms with Crippen molar-refractivity contribution >= 4 is 43.7 Å². The summed E-state index contributed by atoms with van der Waals surface area (Å²) >= 11 is 0. The van der Waals surface area contributed by atoms with E-state index in [2.05, 4.69) is 82.9 Å². The van der Waals surface area contributed by atoms with Gasteiger partial charge in [-0.1, -0.05) is 76.7 Å². The van der Waals surface area contributed by atoms with E-state index in [0.29, 0.717) is 0 Å². The van der Waals surface area contributed by atoms with Crippen LogP contribution in [0, 0.1) is 6.20 Å². The van der Waals surface area contributed by atoms with Crippen LogP contribution >= 0.6 is 0 Å². The van der Waals surface area contributed by atoms with E-state index >= 15 is 0 Å². The van der Waals surface area contributed by atoms with Crippen molar-refractivity contribution in [3.05, 3.63) is 72.7 Å². The number of rotatable bonds is 0. The van der Waals surface area contributed by atoms with Crippen LogP contribution in [0.2, 0.25) is 0 Å². The predicted octanol–water partition coefficient (Wildman–Crippen LogP) is 5.71. The van der Waals surface area contributed by atoms with E-state index in [0.717, 1.165) is 55.3 Å². The molecule has 0 amide bonds. The van der Waals surface area contributed by atoms with E-state index in [1.807, 2.05) is 36.4 Å². The van der Waals surface area contributed by atoms with Crippen LogP contribution in [0.3, 0.4) is 0 Å². The zero-order valence-electron chi connectivity index (χ0n) is 21.1. The minimum absolute atomic E-state index is 0. The van der Waals surface area contributed by atoms with Crippen LogP contribution < -0.4 is 5.10 Å². The van der Waals surface area contributed by atoms with Crippen molar-refractivity contribution < 1.29 is 21.1 Å². The monoisotopic (exact) mass is 656 g/mol. The molecule has 0 saturated carbocycles. The van der Waals surface area contributed by atoms with E-state index in [9.17, 15) is 0 Å². The van der Waals surface area contributed by atoms with E-state index in [4.69, 9.17) is 0 Å². The largest absolute Gasteiger partial charge is 2.00 e. The third-order valence-electron chi connectivity index (χ3n) is 5.75. The molecule has 0 radical (unpaired) electrons. The fourth-order valence-corrected chi connectivity index (χ4v) is 3.94. The summed E-state index contributed by atoms with van der Waals surface area (Å²) in [6.07, 6.45) is 8.26. The Hall–Kier alpha value is -3.31. The zero-order chi connectivity index (χ0) is 24.8. The number of nitrogens with zero attached hydrogens (tertiary/aromatic N) is 7. The smallest absolute Gasteiger partial charge is 0.573 e. The molecule has 6 rings (SSSR count). The first kappa shape index (κ1) is 25.8. The van der Waals surface area contributed by atoms with Crippen LogP contribution in [-0.2, 0) is 31.9 Å². The quantitative estimate of drug-likeness (QED) is 0.153. The summed E-state index contributed by atoms with van der Waals surface area (Å²) in [6, 6.07) is 12.0. The minimum Gasteiger partial charge on any atom is -0.573 e. The molecule has 0 spiro atoms. The fraction of sp³-hybridized carbons (Fsp3) is 0.286. The van der Waals surface area contributed by atoms with Crippen LogP contribution in [0.15, 0.2) is 55.0 Å². The number of hydrogen-bond donors (Lipinski definition) is 0. The second-order valence-electron chi connectivity index (χ2n) is 10.6. The molecule has 6 aromatic rings. The summed E-state index contributed by atoms with van der Waals surface area (Å²) in [5.41, 5.74) is 5.29. The first-order valence-electron chi connectivity index (χ1n) is 11.6. The fourth-order valence-electron chi connectivity index (χ4n) is 3.94. The summed E-state index contributed by atoms with van der Waals surface area (Å²) in [5.74, 6) is 0.810. The molecule has 4 heterocycles. The van der Waals surface area contributed by atoms with Gasteiger partial charge in [0.2, 0.25) is 0 Å². The van der Waals surface area contributed by atoms with Gasteiger partial charge in [0.1, 0.15) is 0 Å². The Morgan fingerprint density at radius 1 is 0.750 bits per heavy atom. The van der Waals surface area contributed by atoms with Crippen molar-refractivity contribution in [3.63, 3.8) is 0 Å². The summed E-state index contributed by atoms with van der Waals surface area (Å²) in [5, 5.41) is 11.6. The number of benzene rings is 2. The third kappa shape index (κ3) is 4.85. The van der Waals surface area contributed by atoms with Gasteiger partial charge in [0, 0.05) is 35.5 Å². The summed E-state index contributed by atoms with van der Waals surface area (Å²) in [7, 11) is 0. The molecule has 2 aromatic carbocycles. The predicted molar refractivity (Wildman–Crippen MR) is 139 cm³/mol. The Bertz CT molecular complexity index is 1680. The maximum Gasteiger partial charge on any atom is 2.00 e. The van der Waals surface area contributed by atoms with Gasteiger partial charge >= 0.3 is 21.1 Å². The Kier molecular flexibility index (Phi) is 6.89. The van der Waals surface area contributed by atoms with E-state index in [-0.39, 0.29) is 31.9 Å². The molecule has 0 fully saturated rings. The van der Waals surface area contributed by atoms with Crippen molar-refractivity contribution in [3.8, 4) is 0 Å². The molecule has 0 aliphatic carbocycles. The van der Waals surface area contributed by atoms with Crippen molar-refractivity contribution in [2.45, 2.75) is 52.4 Å². The van der Waals surface area contributed by atoms with Gasteiger partial charge in [-0.3, -0.25) is 9.97 Å². The molecule has 0 bridgehead atoms. The molecule has 36 heavy (non-hydrogen) atoms. The Morgan fingerprint density at radius 2 is 1.47 bits per heavy atom. The van der Waals surface area contributed by atoms with Gasteiger partial charge < -0.3 is 25.1 Å². The van der Waals surface area contributed by atoms with Crippen molar-refractivity contribution in [1.29, 1.82) is 0 Å². The van der Waals surface area contributed by atoms with Crippen LogP contribution in [0.1, 0.15) is 53.1 Å². The summed E-state index contributed by atoms with van der Waals surface area (Å²) in [6.45, 7) is 12.7. The van der Waals surface area contributed by atoms with E-state index < -0.39 is 0 Å². The number of aromatic nitrogens is 7. The Morgan fingerprint density at radius 3 is 2.22 bits per heavy atom. The zero-order valence-corrected chi connectivity index (χ0v) is 23.4. The van der Waals surface area contributed by atoms with Crippen LogP contribution in [0.5, 0.6) is 0 Å². The van der Waals surface area contributed by atoms with Gasteiger partial charge in [0.05, 0.1) is 11.0 Å². The van der Waals surface area contributed by atoms with Gasteiger partial charge in [-0.25, -0.2) is 0 Å². The maximum absolute atomic E-state index is 4.61. The molecule has 0 N–H and O–H groups in total. The van der Waals surface area contributed by atoms with Crippen molar-refractivity contribution in [2.75, 3.05) is 0 Å². The molecule has 0 aliphatic rings. The van der Waals surface area contributed by atoms with Gasteiger partial charge in [-0.2, -0.15) is 0 Å². The van der Waals surface area contributed by atoms with Gasteiger partial charge in [0.25, 0.3) is 0 Å². The van der Waals surface area contributed by atoms with E-state index in [1.54, 1.807) is 18.6 Å². The topological polar surface area (TPSA) is 91.4 Å². The average molecular weight is 657 g/mol. The maximum atomic E-state index is 4.61. The molecule has 4 aromatic heterocycles. The summed E-state index contributed by atoms with van der Waals surface area (Å²) in [4.78, 5) is 22.0. The molecule has 0 saturated heterocycles. The van der Waals surface area contributed by atoms with Crippen LogP contribution in [-0.4, -0.2) is 30.0 Å². The number of pyridine rings is 1. The van der Waals surface area contributed by atoms with Crippen molar-refractivity contribution in [1.82, 2.24) is 35.1 Å². The van der Waals surface area contributed by atoms with Gasteiger partial charge in [0.15, 0.2) is 0 Å². The molecule has 8 heteroatoms. The normalized spacial score (nSPS) is 11.9. The minimum atomic E-state index is -0.0657. The SMILES string of the molecule is CC(C)(C)c1n[c-]c2c(ccc3cccnc32)n1.CC(C)(C)c1n[n-]c2c1ccc1nccnc12.[Pt+2].